The average molecular weight is 290 g/mol. The maximum atomic E-state index is 3.56. The van der Waals surface area contributed by atoms with E-state index in [1.165, 1.54) is 15.1 Å². The van der Waals surface area contributed by atoms with E-state index in [1.807, 2.05) is 11.3 Å². The lowest BCUT2D eigenvalue weighted by molar-refractivity contribution is 0.425. The Labute approximate surface area is 105 Å². The molecule has 0 saturated heterocycles. The molecule has 0 aliphatic heterocycles. The highest BCUT2D eigenvalue weighted by Gasteiger charge is 2.11. The zero-order valence-electron chi connectivity index (χ0n) is 9.72. The second kappa shape index (κ2) is 6.66. The molecule has 1 rings (SSSR count). The van der Waals surface area contributed by atoms with Crippen molar-refractivity contribution in [3.05, 3.63) is 20.8 Å². The maximum Gasteiger partial charge on any atom is 0.0701 e. The van der Waals surface area contributed by atoms with Crippen molar-refractivity contribution in [2.45, 2.75) is 39.7 Å². The van der Waals surface area contributed by atoms with Crippen molar-refractivity contribution in [1.29, 1.82) is 0 Å². The molecule has 1 aromatic rings. The molecule has 3 heteroatoms. The second-order valence-corrected chi connectivity index (χ2v) is 6.84. The van der Waals surface area contributed by atoms with E-state index in [0.717, 1.165) is 18.9 Å². The predicted molar refractivity (Wildman–Crippen MR) is 72.6 cm³/mol. The van der Waals surface area contributed by atoms with Crippen molar-refractivity contribution in [2.75, 3.05) is 6.54 Å². The Hall–Kier alpha value is 0.140. The first-order valence-electron chi connectivity index (χ1n) is 5.59. The fourth-order valence-electron chi connectivity index (χ4n) is 1.80. The minimum Gasteiger partial charge on any atom is -0.314 e. The molecular formula is C12H20BrNS. The Morgan fingerprint density at radius 1 is 1.40 bits per heavy atom. The minimum absolute atomic E-state index is 0.626. The monoisotopic (exact) mass is 289 g/mol. The quantitative estimate of drug-likeness (QED) is 0.832. The van der Waals surface area contributed by atoms with Crippen LogP contribution in [0.4, 0.5) is 0 Å². The third-order valence-electron chi connectivity index (χ3n) is 2.33. The standard InChI is InChI=1S/C12H20BrNS/c1-4-14-10(7-9(2)3)8-11-5-6-12(13)15-11/h5-6,9-10,14H,4,7-8H2,1-3H3. The van der Waals surface area contributed by atoms with Crippen LogP contribution < -0.4 is 5.32 Å². The number of hydrogen-bond acceptors (Lipinski definition) is 2. The van der Waals surface area contributed by atoms with Crippen LogP contribution >= 0.6 is 27.3 Å². The fraction of sp³-hybridized carbons (Fsp3) is 0.667. The van der Waals surface area contributed by atoms with Gasteiger partial charge in [0.25, 0.3) is 0 Å². The third-order valence-corrected chi connectivity index (χ3v) is 3.97. The smallest absolute Gasteiger partial charge is 0.0701 e. The van der Waals surface area contributed by atoms with Gasteiger partial charge in [0, 0.05) is 10.9 Å². The van der Waals surface area contributed by atoms with E-state index < -0.39 is 0 Å². The van der Waals surface area contributed by atoms with Crippen molar-refractivity contribution in [1.82, 2.24) is 5.32 Å². The first kappa shape index (κ1) is 13.2. The second-order valence-electron chi connectivity index (χ2n) is 4.29. The summed E-state index contributed by atoms with van der Waals surface area (Å²) < 4.78 is 1.23. The van der Waals surface area contributed by atoms with E-state index in [0.29, 0.717) is 6.04 Å². The number of rotatable bonds is 6. The average Bonchev–Trinajstić information content (AvgIpc) is 2.50. The van der Waals surface area contributed by atoms with Crippen LogP contribution in [-0.2, 0) is 6.42 Å². The van der Waals surface area contributed by atoms with Crippen molar-refractivity contribution < 1.29 is 0 Å². The number of halogens is 1. The maximum absolute atomic E-state index is 3.56. The molecule has 1 N–H and O–H groups in total. The van der Waals surface area contributed by atoms with E-state index in [4.69, 9.17) is 0 Å². The summed E-state index contributed by atoms with van der Waals surface area (Å²) >= 11 is 5.36. The summed E-state index contributed by atoms with van der Waals surface area (Å²) in [7, 11) is 0. The summed E-state index contributed by atoms with van der Waals surface area (Å²) in [4.78, 5) is 1.47. The highest BCUT2D eigenvalue weighted by molar-refractivity contribution is 9.11. The van der Waals surface area contributed by atoms with Crippen molar-refractivity contribution in [3.63, 3.8) is 0 Å². The molecule has 1 atom stereocenters. The minimum atomic E-state index is 0.626. The van der Waals surface area contributed by atoms with Crippen molar-refractivity contribution >= 4 is 27.3 Å². The van der Waals surface area contributed by atoms with Crippen LogP contribution in [0.15, 0.2) is 15.9 Å². The summed E-state index contributed by atoms with van der Waals surface area (Å²) in [5.41, 5.74) is 0. The van der Waals surface area contributed by atoms with Crippen LogP contribution in [0.1, 0.15) is 32.1 Å². The lowest BCUT2D eigenvalue weighted by Crippen LogP contribution is -2.32. The number of hydrogen-bond donors (Lipinski definition) is 1. The molecule has 0 aliphatic rings. The van der Waals surface area contributed by atoms with Crippen molar-refractivity contribution in [2.24, 2.45) is 5.92 Å². The third kappa shape index (κ3) is 5.14. The summed E-state index contributed by atoms with van der Waals surface area (Å²) in [6.45, 7) is 7.81. The molecule has 1 nitrogen and oxygen atoms in total. The Balaban J connectivity index is 2.50. The van der Waals surface area contributed by atoms with Crippen LogP contribution in [0.5, 0.6) is 0 Å². The van der Waals surface area contributed by atoms with Crippen molar-refractivity contribution in [3.8, 4) is 0 Å². The van der Waals surface area contributed by atoms with E-state index in [1.54, 1.807) is 0 Å². The van der Waals surface area contributed by atoms with Gasteiger partial charge in [-0.1, -0.05) is 20.8 Å². The highest BCUT2D eigenvalue weighted by Crippen LogP contribution is 2.24. The molecule has 0 amide bonds. The van der Waals surface area contributed by atoms with Gasteiger partial charge in [-0.25, -0.2) is 0 Å². The number of likely N-dealkylation sites (N-methyl/N-ethyl adjacent to an activating group) is 1. The van der Waals surface area contributed by atoms with Gasteiger partial charge in [-0.3, -0.25) is 0 Å². The van der Waals surface area contributed by atoms with E-state index in [2.05, 4.69) is 54.2 Å². The van der Waals surface area contributed by atoms with E-state index in [9.17, 15) is 0 Å². The summed E-state index contributed by atoms with van der Waals surface area (Å²) in [6, 6.07) is 4.98. The Morgan fingerprint density at radius 3 is 2.60 bits per heavy atom. The molecule has 0 radical (unpaired) electrons. The molecule has 0 saturated carbocycles. The molecule has 15 heavy (non-hydrogen) atoms. The van der Waals surface area contributed by atoms with Crippen LogP contribution in [-0.4, -0.2) is 12.6 Å². The van der Waals surface area contributed by atoms with Gasteiger partial charge in [0.05, 0.1) is 3.79 Å². The first-order valence-corrected chi connectivity index (χ1v) is 7.20. The largest absolute Gasteiger partial charge is 0.314 e. The summed E-state index contributed by atoms with van der Waals surface area (Å²) in [5.74, 6) is 0.762. The number of nitrogens with one attached hydrogen (secondary N) is 1. The molecule has 0 aromatic carbocycles. The summed E-state index contributed by atoms with van der Waals surface area (Å²) in [6.07, 6.45) is 2.41. The van der Waals surface area contributed by atoms with Gasteiger partial charge < -0.3 is 5.32 Å². The van der Waals surface area contributed by atoms with Gasteiger partial charge in [-0.15, -0.1) is 11.3 Å². The molecule has 86 valence electrons. The predicted octanol–water partition coefficient (Wildman–Crippen LogP) is 4.08. The lowest BCUT2D eigenvalue weighted by Gasteiger charge is -2.19. The van der Waals surface area contributed by atoms with E-state index in [-0.39, 0.29) is 0 Å². The van der Waals surface area contributed by atoms with Gasteiger partial charge in [0.1, 0.15) is 0 Å². The molecule has 0 aliphatic carbocycles. The Kier molecular flexibility index (Phi) is 5.87. The van der Waals surface area contributed by atoms with Gasteiger partial charge in [-0.2, -0.15) is 0 Å². The molecule has 1 unspecified atom stereocenters. The lowest BCUT2D eigenvalue weighted by atomic mass is 10.0. The molecular weight excluding hydrogens is 270 g/mol. The van der Waals surface area contributed by atoms with Gasteiger partial charge in [-0.05, 0) is 53.4 Å². The fourth-order valence-corrected chi connectivity index (χ4v) is 3.36. The zero-order chi connectivity index (χ0) is 11.3. The van der Waals surface area contributed by atoms with Crippen LogP contribution in [0.2, 0.25) is 0 Å². The van der Waals surface area contributed by atoms with E-state index >= 15 is 0 Å². The van der Waals surface area contributed by atoms with Gasteiger partial charge in [0.15, 0.2) is 0 Å². The topological polar surface area (TPSA) is 12.0 Å². The molecule has 0 spiro atoms. The zero-order valence-corrected chi connectivity index (χ0v) is 12.1. The Bertz CT molecular complexity index is 283. The van der Waals surface area contributed by atoms with Crippen LogP contribution in [0, 0.1) is 5.92 Å². The first-order chi connectivity index (χ1) is 7.11. The SMILES string of the molecule is CCNC(Cc1ccc(Br)s1)CC(C)C. The van der Waals surface area contributed by atoms with Gasteiger partial charge in [0.2, 0.25) is 0 Å². The molecule has 1 aromatic heterocycles. The van der Waals surface area contributed by atoms with Crippen LogP contribution in [0.25, 0.3) is 0 Å². The number of thiophene rings is 1. The molecule has 1 heterocycles. The Morgan fingerprint density at radius 2 is 2.13 bits per heavy atom. The van der Waals surface area contributed by atoms with Crippen LogP contribution in [0.3, 0.4) is 0 Å². The van der Waals surface area contributed by atoms with Gasteiger partial charge >= 0.3 is 0 Å². The molecule has 0 fully saturated rings. The highest BCUT2D eigenvalue weighted by atomic mass is 79.9. The normalized spacial score (nSPS) is 13.4. The summed E-state index contributed by atoms with van der Waals surface area (Å²) in [5, 5.41) is 3.56. The molecule has 0 bridgehead atoms.